The van der Waals surface area contributed by atoms with E-state index in [0.29, 0.717) is 0 Å². The van der Waals surface area contributed by atoms with Crippen LogP contribution in [0.2, 0.25) is 0 Å². The number of hydrogen-bond donors (Lipinski definition) is 0. The maximum atomic E-state index is 12.5. The third-order valence-corrected chi connectivity index (χ3v) is 1.67. The summed E-state index contributed by atoms with van der Waals surface area (Å²) in [6.07, 6.45) is -7.17. The van der Waals surface area contributed by atoms with E-state index < -0.39 is 29.8 Å². The largest absolute Gasteiger partial charge is 0.465 e. The van der Waals surface area contributed by atoms with Gasteiger partial charge in [-0.25, -0.2) is 4.79 Å². The number of esters is 1. The third-order valence-electron chi connectivity index (χ3n) is 1.67. The molecule has 0 saturated carbocycles. The Bertz CT molecular complexity index is 293. The second kappa shape index (κ2) is 5.38. The molecular formula is C10H15F5O3. The standard InChI is InChI=1S/C10H15F5O3/c1-6(5-17-8(2,3)4)18-7(16)9(11,12)10(13,14)15/h6H,5H2,1-4H3. The second-order valence-corrected chi connectivity index (χ2v) is 4.71. The van der Waals surface area contributed by atoms with Crippen molar-refractivity contribution in [3.8, 4) is 0 Å². The Morgan fingerprint density at radius 3 is 1.89 bits per heavy atom. The first kappa shape index (κ1) is 17.1. The van der Waals surface area contributed by atoms with Crippen LogP contribution in [0.5, 0.6) is 0 Å². The number of ether oxygens (including phenoxy) is 2. The third kappa shape index (κ3) is 5.16. The molecule has 0 bridgehead atoms. The highest BCUT2D eigenvalue weighted by molar-refractivity contribution is 5.78. The number of hydrogen-bond acceptors (Lipinski definition) is 3. The molecule has 108 valence electrons. The van der Waals surface area contributed by atoms with Gasteiger partial charge in [0.25, 0.3) is 0 Å². The first-order valence-corrected chi connectivity index (χ1v) is 5.07. The van der Waals surface area contributed by atoms with Crippen molar-refractivity contribution in [2.75, 3.05) is 6.61 Å². The summed E-state index contributed by atoms with van der Waals surface area (Å²) in [6.45, 7) is 5.86. The fourth-order valence-electron chi connectivity index (χ4n) is 0.774. The van der Waals surface area contributed by atoms with Crippen LogP contribution in [0.3, 0.4) is 0 Å². The zero-order valence-electron chi connectivity index (χ0n) is 10.4. The first-order valence-electron chi connectivity index (χ1n) is 5.07. The zero-order valence-corrected chi connectivity index (χ0v) is 10.4. The molecule has 1 atom stereocenters. The number of halogens is 5. The van der Waals surface area contributed by atoms with Gasteiger partial charge in [0.1, 0.15) is 6.10 Å². The molecule has 0 heterocycles. The fraction of sp³-hybridized carbons (Fsp3) is 0.900. The summed E-state index contributed by atoms with van der Waals surface area (Å²) in [6, 6.07) is 0. The average molecular weight is 278 g/mol. The predicted molar refractivity (Wildman–Crippen MR) is 52.3 cm³/mol. The van der Waals surface area contributed by atoms with Crippen LogP contribution in [0.15, 0.2) is 0 Å². The molecule has 8 heteroatoms. The summed E-state index contributed by atoms with van der Waals surface area (Å²) in [5, 5.41) is 0. The molecule has 0 N–H and O–H groups in total. The lowest BCUT2D eigenvalue weighted by atomic mass is 10.2. The fourth-order valence-corrected chi connectivity index (χ4v) is 0.774. The Labute approximate surface area is 101 Å². The number of rotatable bonds is 4. The molecule has 0 radical (unpaired) electrons. The molecule has 18 heavy (non-hydrogen) atoms. The first-order chi connectivity index (χ1) is 7.77. The molecule has 0 aliphatic heterocycles. The maximum Gasteiger partial charge on any atom is 0.465 e. The summed E-state index contributed by atoms with van der Waals surface area (Å²) in [5.41, 5.74) is -0.618. The second-order valence-electron chi connectivity index (χ2n) is 4.71. The van der Waals surface area contributed by atoms with Crippen molar-refractivity contribution in [2.45, 2.75) is 51.5 Å². The zero-order chi connectivity index (χ0) is 14.8. The monoisotopic (exact) mass is 278 g/mol. The SMILES string of the molecule is CC(COC(C)(C)C)OC(=O)C(F)(F)C(F)(F)F. The molecule has 0 aromatic carbocycles. The minimum Gasteiger partial charge on any atom is -0.456 e. The van der Waals surface area contributed by atoms with Gasteiger partial charge in [0.15, 0.2) is 0 Å². The van der Waals surface area contributed by atoms with Gasteiger partial charge >= 0.3 is 18.1 Å². The summed E-state index contributed by atoms with van der Waals surface area (Å²) in [4.78, 5) is 10.7. The van der Waals surface area contributed by atoms with Crippen molar-refractivity contribution in [3.05, 3.63) is 0 Å². The van der Waals surface area contributed by atoms with Crippen molar-refractivity contribution in [3.63, 3.8) is 0 Å². The van der Waals surface area contributed by atoms with E-state index in [0.717, 1.165) is 6.92 Å². The lowest BCUT2D eigenvalue weighted by Crippen LogP contribution is -2.46. The highest BCUT2D eigenvalue weighted by Crippen LogP contribution is 2.36. The number of carbonyl (C=O) groups is 1. The van der Waals surface area contributed by atoms with Gasteiger partial charge in [-0.1, -0.05) is 0 Å². The molecule has 0 amide bonds. The Morgan fingerprint density at radius 1 is 1.11 bits per heavy atom. The Morgan fingerprint density at radius 2 is 1.56 bits per heavy atom. The van der Waals surface area contributed by atoms with Gasteiger partial charge in [0.2, 0.25) is 0 Å². The van der Waals surface area contributed by atoms with Crippen molar-refractivity contribution in [2.24, 2.45) is 0 Å². The summed E-state index contributed by atoms with van der Waals surface area (Å²) < 4.78 is 69.6. The van der Waals surface area contributed by atoms with E-state index in [1.54, 1.807) is 20.8 Å². The van der Waals surface area contributed by atoms with E-state index >= 15 is 0 Å². The van der Waals surface area contributed by atoms with Gasteiger partial charge in [-0.05, 0) is 27.7 Å². The minimum absolute atomic E-state index is 0.275. The van der Waals surface area contributed by atoms with Crippen molar-refractivity contribution < 1.29 is 36.2 Å². The number of carbonyl (C=O) groups excluding carboxylic acids is 1. The quantitative estimate of drug-likeness (QED) is 0.586. The topological polar surface area (TPSA) is 35.5 Å². The normalized spacial score (nSPS) is 15.4. The summed E-state index contributed by atoms with van der Waals surface area (Å²) in [5.74, 6) is -8.14. The van der Waals surface area contributed by atoms with Crippen molar-refractivity contribution in [1.82, 2.24) is 0 Å². The van der Waals surface area contributed by atoms with Crippen LogP contribution in [-0.2, 0) is 14.3 Å². The van der Waals surface area contributed by atoms with Gasteiger partial charge < -0.3 is 9.47 Å². The highest BCUT2D eigenvalue weighted by atomic mass is 19.4. The van der Waals surface area contributed by atoms with E-state index in [2.05, 4.69) is 4.74 Å². The Kier molecular flexibility index (Phi) is 5.10. The molecule has 3 nitrogen and oxygen atoms in total. The number of alkyl halides is 5. The molecule has 0 rings (SSSR count). The van der Waals surface area contributed by atoms with Crippen LogP contribution in [0, 0.1) is 0 Å². The van der Waals surface area contributed by atoms with Gasteiger partial charge in [-0.2, -0.15) is 22.0 Å². The van der Waals surface area contributed by atoms with E-state index in [-0.39, 0.29) is 6.61 Å². The predicted octanol–water partition coefficient (Wildman–Crippen LogP) is 2.93. The molecule has 0 saturated heterocycles. The van der Waals surface area contributed by atoms with Gasteiger partial charge in [-0.15, -0.1) is 0 Å². The highest BCUT2D eigenvalue weighted by Gasteiger charge is 2.65. The lowest BCUT2D eigenvalue weighted by molar-refractivity contribution is -0.282. The van der Waals surface area contributed by atoms with Crippen LogP contribution in [-0.4, -0.2) is 36.4 Å². The van der Waals surface area contributed by atoms with Crippen molar-refractivity contribution >= 4 is 5.97 Å². The summed E-state index contributed by atoms with van der Waals surface area (Å²) >= 11 is 0. The van der Waals surface area contributed by atoms with E-state index in [1.807, 2.05) is 0 Å². The molecule has 0 spiro atoms. The molecule has 0 aliphatic rings. The van der Waals surface area contributed by atoms with E-state index in [1.165, 1.54) is 0 Å². The van der Waals surface area contributed by atoms with Crippen LogP contribution in [0.4, 0.5) is 22.0 Å². The summed E-state index contributed by atoms with van der Waals surface area (Å²) in [7, 11) is 0. The maximum absolute atomic E-state index is 12.5. The lowest BCUT2D eigenvalue weighted by Gasteiger charge is -2.24. The Balaban J connectivity index is 4.41. The van der Waals surface area contributed by atoms with Gasteiger partial charge in [0.05, 0.1) is 12.2 Å². The molecule has 1 unspecified atom stereocenters. The van der Waals surface area contributed by atoms with Crippen LogP contribution < -0.4 is 0 Å². The molecule has 0 fully saturated rings. The minimum atomic E-state index is -5.96. The molecule has 0 aromatic heterocycles. The smallest absolute Gasteiger partial charge is 0.456 e. The molecule has 0 aromatic rings. The van der Waals surface area contributed by atoms with Crippen LogP contribution in [0.1, 0.15) is 27.7 Å². The van der Waals surface area contributed by atoms with Crippen LogP contribution >= 0.6 is 0 Å². The van der Waals surface area contributed by atoms with E-state index in [9.17, 15) is 26.7 Å². The Hall–Kier alpha value is -0.920. The van der Waals surface area contributed by atoms with Crippen LogP contribution in [0.25, 0.3) is 0 Å². The van der Waals surface area contributed by atoms with Crippen molar-refractivity contribution in [1.29, 1.82) is 0 Å². The molecular weight excluding hydrogens is 263 g/mol. The van der Waals surface area contributed by atoms with Gasteiger partial charge in [-0.3, -0.25) is 0 Å². The average Bonchev–Trinajstić information content (AvgIpc) is 2.11. The van der Waals surface area contributed by atoms with E-state index in [4.69, 9.17) is 4.74 Å². The molecule has 0 aliphatic carbocycles. The van der Waals surface area contributed by atoms with Gasteiger partial charge in [0, 0.05) is 0 Å².